The lowest BCUT2D eigenvalue weighted by atomic mass is 9.90. The highest BCUT2D eigenvalue weighted by atomic mass is 32.2. The maximum absolute atomic E-state index is 12.9. The molecule has 1 fully saturated rings. The van der Waals surface area contributed by atoms with Crippen LogP contribution < -0.4 is 5.69 Å². The molecule has 0 radical (unpaired) electrons. The Hall–Kier alpha value is -2.12. The standard InChI is InChI=1S/C27H38N4O2S/c1-3-29(4-2)17-18-31-24-12-8-11-23(24)26(28-27(31)33)34-20-25(32)30-15-13-22(14-16-30)19-21-9-6-5-7-10-21/h5-7,9-10,22H,3-4,8,11-20H2,1-2H3. The van der Waals surface area contributed by atoms with E-state index in [0.29, 0.717) is 18.2 Å². The predicted molar refractivity (Wildman–Crippen MR) is 138 cm³/mol. The van der Waals surface area contributed by atoms with Crippen molar-refractivity contribution in [2.75, 3.05) is 38.5 Å². The summed E-state index contributed by atoms with van der Waals surface area (Å²) in [6, 6.07) is 10.6. The fraction of sp³-hybridized carbons (Fsp3) is 0.593. The second-order valence-corrected chi connectivity index (χ2v) is 10.4. The number of likely N-dealkylation sites (N-methyl/N-ethyl adjacent to an activating group) is 1. The van der Waals surface area contributed by atoms with Crippen molar-refractivity contribution >= 4 is 17.7 Å². The average molecular weight is 483 g/mol. The number of benzene rings is 1. The topological polar surface area (TPSA) is 58.4 Å². The van der Waals surface area contributed by atoms with Crippen LogP contribution in [-0.4, -0.2) is 63.7 Å². The molecule has 1 saturated heterocycles. The van der Waals surface area contributed by atoms with E-state index < -0.39 is 0 Å². The van der Waals surface area contributed by atoms with Crippen LogP contribution in [0, 0.1) is 5.92 Å². The molecule has 1 amide bonds. The fourth-order valence-corrected chi connectivity index (χ4v) is 6.25. The van der Waals surface area contributed by atoms with Gasteiger partial charge < -0.3 is 9.80 Å². The van der Waals surface area contributed by atoms with Gasteiger partial charge in [-0.3, -0.25) is 9.36 Å². The van der Waals surface area contributed by atoms with Gasteiger partial charge in [-0.1, -0.05) is 55.9 Å². The number of hydrogen-bond acceptors (Lipinski definition) is 5. The van der Waals surface area contributed by atoms with Crippen molar-refractivity contribution < 1.29 is 4.79 Å². The molecule has 1 aliphatic heterocycles. The zero-order valence-corrected chi connectivity index (χ0v) is 21.5. The highest BCUT2D eigenvalue weighted by Crippen LogP contribution is 2.30. The van der Waals surface area contributed by atoms with Crippen LogP contribution in [0.15, 0.2) is 40.2 Å². The Labute approximate surface area is 207 Å². The summed E-state index contributed by atoms with van der Waals surface area (Å²) in [5, 5.41) is 0.781. The first-order valence-electron chi connectivity index (χ1n) is 12.9. The predicted octanol–water partition coefficient (Wildman–Crippen LogP) is 3.65. The molecule has 1 aromatic carbocycles. The number of amides is 1. The molecule has 1 aromatic heterocycles. The SMILES string of the molecule is CCN(CC)CCn1c2c(c(SCC(=O)N3CCC(Cc4ccccc4)CC3)nc1=O)CCC2. The first-order chi connectivity index (χ1) is 16.6. The lowest BCUT2D eigenvalue weighted by molar-refractivity contribution is -0.129. The van der Waals surface area contributed by atoms with Crippen LogP contribution in [0.1, 0.15) is 49.9 Å². The quantitative estimate of drug-likeness (QED) is 0.382. The molecule has 0 atom stereocenters. The maximum atomic E-state index is 12.9. The summed E-state index contributed by atoms with van der Waals surface area (Å²) in [6.07, 6.45) is 6.15. The van der Waals surface area contributed by atoms with Gasteiger partial charge in [-0.25, -0.2) is 4.79 Å². The molecule has 6 nitrogen and oxygen atoms in total. The third-order valence-corrected chi connectivity index (χ3v) is 8.40. The van der Waals surface area contributed by atoms with Gasteiger partial charge in [0.2, 0.25) is 5.91 Å². The summed E-state index contributed by atoms with van der Waals surface area (Å²) in [7, 11) is 0. The summed E-state index contributed by atoms with van der Waals surface area (Å²) in [5.74, 6) is 1.18. The molecule has 2 aromatic rings. The smallest absolute Gasteiger partial charge is 0.342 e. The maximum Gasteiger partial charge on any atom is 0.348 e. The Morgan fingerprint density at radius 2 is 1.85 bits per heavy atom. The minimum Gasteiger partial charge on any atom is -0.342 e. The zero-order chi connectivity index (χ0) is 23.9. The van der Waals surface area contributed by atoms with E-state index in [9.17, 15) is 9.59 Å². The van der Waals surface area contributed by atoms with Crippen LogP contribution in [0.2, 0.25) is 0 Å². The molecule has 0 unspecified atom stereocenters. The van der Waals surface area contributed by atoms with Gasteiger partial charge in [-0.15, -0.1) is 0 Å². The Morgan fingerprint density at radius 3 is 2.56 bits per heavy atom. The van der Waals surface area contributed by atoms with Crippen molar-refractivity contribution in [3.63, 3.8) is 0 Å². The number of rotatable bonds is 10. The molecule has 0 N–H and O–H groups in total. The second-order valence-electron chi connectivity index (χ2n) is 9.46. The lowest BCUT2D eigenvalue weighted by Gasteiger charge is -2.32. The molecule has 0 saturated carbocycles. The third-order valence-electron chi connectivity index (χ3n) is 7.40. The van der Waals surface area contributed by atoms with Crippen LogP contribution in [-0.2, 0) is 30.6 Å². The van der Waals surface area contributed by atoms with E-state index in [0.717, 1.165) is 82.0 Å². The van der Waals surface area contributed by atoms with Crippen LogP contribution in [0.25, 0.3) is 0 Å². The summed E-state index contributed by atoms with van der Waals surface area (Å²) in [6.45, 7) is 9.49. The number of fused-ring (bicyclic) bond motifs is 1. The largest absolute Gasteiger partial charge is 0.348 e. The van der Waals surface area contributed by atoms with E-state index in [1.54, 1.807) is 0 Å². The van der Waals surface area contributed by atoms with Crippen molar-refractivity contribution in [1.29, 1.82) is 0 Å². The van der Waals surface area contributed by atoms with Crippen molar-refractivity contribution in [1.82, 2.24) is 19.4 Å². The molecule has 0 bridgehead atoms. The van der Waals surface area contributed by atoms with Crippen LogP contribution >= 0.6 is 11.8 Å². The lowest BCUT2D eigenvalue weighted by Crippen LogP contribution is -2.40. The molecule has 34 heavy (non-hydrogen) atoms. The summed E-state index contributed by atoms with van der Waals surface area (Å²) < 4.78 is 1.88. The number of hydrogen-bond donors (Lipinski definition) is 0. The number of aromatic nitrogens is 2. The molecular weight excluding hydrogens is 444 g/mol. The molecule has 184 valence electrons. The van der Waals surface area contributed by atoms with Crippen molar-refractivity contribution in [2.45, 2.75) is 63.9 Å². The highest BCUT2D eigenvalue weighted by Gasteiger charge is 2.25. The number of carbonyl (C=O) groups excluding carboxylic acids is 1. The van der Waals surface area contributed by atoms with E-state index in [-0.39, 0.29) is 11.6 Å². The van der Waals surface area contributed by atoms with Crippen molar-refractivity contribution in [3.8, 4) is 0 Å². The molecule has 4 rings (SSSR count). The minimum atomic E-state index is -0.163. The number of nitrogens with zero attached hydrogens (tertiary/aromatic N) is 4. The first-order valence-corrected chi connectivity index (χ1v) is 13.9. The van der Waals surface area contributed by atoms with E-state index in [1.165, 1.54) is 22.9 Å². The molecule has 1 aliphatic carbocycles. The van der Waals surface area contributed by atoms with Crippen LogP contribution in [0.3, 0.4) is 0 Å². The van der Waals surface area contributed by atoms with Gasteiger partial charge in [-0.2, -0.15) is 4.98 Å². The molecule has 2 aliphatic rings. The Kier molecular flexibility index (Phi) is 8.84. The Balaban J connectivity index is 1.32. The monoisotopic (exact) mass is 482 g/mol. The number of carbonyl (C=O) groups is 1. The average Bonchev–Trinajstić information content (AvgIpc) is 3.35. The Morgan fingerprint density at radius 1 is 1.12 bits per heavy atom. The Bertz CT molecular complexity index is 1010. The normalized spacial score (nSPS) is 16.3. The summed E-state index contributed by atoms with van der Waals surface area (Å²) in [5.41, 5.74) is 3.56. The van der Waals surface area contributed by atoms with Gasteiger partial charge in [0, 0.05) is 37.4 Å². The van der Waals surface area contributed by atoms with Crippen LogP contribution in [0.5, 0.6) is 0 Å². The van der Waals surface area contributed by atoms with Gasteiger partial charge in [0.1, 0.15) is 5.03 Å². The third kappa shape index (κ3) is 6.11. The van der Waals surface area contributed by atoms with Crippen LogP contribution in [0.4, 0.5) is 0 Å². The van der Waals surface area contributed by atoms with E-state index >= 15 is 0 Å². The number of likely N-dealkylation sites (tertiary alicyclic amines) is 1. The summed E-state index contributed by atoms with van der Waals surface area (Å²) >= 11 is 1.46. The zero-order valence-electron chi connectivity index (χ0n) is 20.7. The molecular formula is C27H38N4O2S. The number of piperidine rings is 1. The van der Waals surface area contributed by atoms with Gasteiger partial charge in [-0.05, 0) is 63.1 Å². The van der Waals surface area contributed by atoms with Crippen molar-refractivity contribution in [2.24, 2.45) is 5.92 Å². The van der Waals surface area contributed by atoms with E-state index in [1.807, 2.05) is 9.47 Å². The first kappa shape index (κ1) is 25.0. The minimum absolute atomic E-state index is 0.163. The number of thioether (sulfide) groups is 1. The molecule has 7 heteroatoms. The van der Waals surface area contributed by atoms with Gasteiger partial charge >= 0.3 is 5.69 Å². The van der Waals surface area contributed by atoms with Gasteiger partial charge in [0.25, 0.3) is 0 Å². The second kappa shape index (κ2) is 12.0. The van der Waals surface area contributed by atoms with E-state index in [2.05, 4.69) is 54.1 Å². The van der Waals surface area contributed by atoms with Gasteiger partial charge in [0.15, 0.2) is 0 Å². The molecule has 0 spiro atoms. The fourth-order valence-electron chi connectivity index (χ4n) is 5.27. The summed E-state index contributed by atoms with van der Waals surface area (Å²) in [4.78, 5) is 34.5. The highest BCUT2D eigenvalue weighted by molar-refractivity contribution is 7.99. The molecule has 2 heterocycles. The van der Waals surface area contributed by atoms with E-state index in [4.69, 9.17) is 0 Å². The van der Waals surface area contributed by atoms with Gasteiger partial charge in [0.05, 0.1) is 5.75 Å². The van der Waals surface area contributed by atoms with Crippen molar-refractivity contribution in [3.05, 3.63) is 57.6 Å².